The molecule has 0 spiro atoms. The van der Waals surface area contributed by atoms with Crippen LogP contribution in [0.1, 0.15) is 5.56 Å². The zero-order valence-electron chi connectivity index (χ0n) is 10.7. The summed E-state index contributed by atoms with van der Waals surface area (Å²) in [4.78, 5) is 7.96. The van der Waals surface area contributed by atoms with Crippen molar-refractivity contribution >= 4 is 37.9 Å². The second-order valence-electron chi connectivity index (χ2n) is 4.87. The summed E-state index contributed by atoms with van der Waals surface area (Å²) in [6.45, 7) is 2.07. The smallest absolute Gasteiger partial charge is 0.159 e. The zero-order chi connectivity index (χ0) is 13.7. The maximum atomic E-state index is 4.62. The highest BCUT2D eigenvalue weighted by molar-refractivity contribution is 9.10. The number of hydrogen-bond acceptors (Lipinski definition) is 2. The van der Waals surface area contributed by atoms with Gasteiger partial charge in [-0.1, -0.05) is 22.0 Å². The fraction of sp³-hybridized carbons (Fsp3) is 0.0667. The van der Waals surface area contributed by atoms with E-state index in [1.165, 1.54) is 5.56 Å². The molecule has 2 aromatic heterocycles. The van der Waals surface area contributed by atoms with Gasteiger partial charge in [0.15, 0.2) is 5.82 Å². The Morgan fingerprint density at radius 3 is 2.85 bits per heavy atom. The summed E-state index contributed by atoms with van der Waals surface area (Å²) in [6, 6.07) is 12.2. The highest BCUT2D eigenvalue weighted by Crippen LogP contribution is 2.28. The molecule has 2 aromatic carbocycles. The third-order valence-corrected chi connectivity index (χ3v) is 3.88. The molecule has 5 heteroatoms. The van der Waals surface area contributed by atoms with Crippen LogP contribution in [0.25, 0.3) is 33.5 Å². The van der Waals surface area contributed by atoms with Gasteiger partial charge in [-0.3, -0.25) is 5.10 Å². The Bertz CT molecular complexity index is 936. The lowest BCUT2D eigenvalue weighted by Gasteiger charge is -1.93. The summed E-state index contributed by atoms with van der Waals surface area (Å²) in [6.07, 6.45) is 0. The van der Waals surface area contributed by atoms with Gasteiger partial charge >= 0.3 is 0 Å². The summed E-state index contributed by atoms with van der Waals surface area (Å²) in [5.41, 5.74) is 5.04. The number of benzene rings is 2. The molecule has 4 nitrogen and oxygen atoms in total. The highest BCUT2D eigenvalue weighted by atomic mass is 79.9. The second kappa shape index (κ2) is 4.18. The number of rotatable bonds is 1. The molecule has 0 radical (unpaired) electrons. The summed E-state index contributed by atoms with van der Waals surface area (Å²) in [5, 5.41) is 8.47. The van der Waals surface area contributed by atoms with Crippen LogP contribution in [0.3, 0.4) is 0 Å². The van der Waals surface area contributed by atoms with E-state index in [1.807, 2.05) is 24.3 Å². The quantitative estimate of drug-likeness (QED) is 0.551. The van der Waals surface area contributed by atoms with E-state index in [-0.39, 0.29) is 0 Å². The van der Waals surface area contributed by atoms with Crippen LogP contribution in [-0.4, -0.2) is 20.2 Å². The highest BCUT2D eigenvalue weighted by Gasteiger charge is 2.12. The predicted molar refractivity (Wildman–Crippen MR) is 83.6 cm³/mol. The van der Waals surface area contributed by atoms with Crippen molar-refractivity contribution in [2.75, 3.05) is 0 Å². The monoisotopic (exact) mass is 326 g/mol. The average molecular weight is 327 g/mol. The first-order valence-corrected chi connectivity index (χ1v) is 7.10. The minimum atomic E-state index is 0.787. The molecule has 4 rings (SSSR count). The van der Waals surface area contributed by atoms with Crippen LogP contribution in [-0.2, 0) is 0 Å². The Morgan fingerprint density at radius 1 is 1.05 bits per heavy atom. The van der Waals surface area contributed by atoms with Crippen LogP contribution in [0.5, 0.6) is 0 Å². The number of H-pyrrole nitrogens is 2. The van der Waals surface area contributed by atoms with E-state index in [0.717, 1.165) is 37.9 Å². The van der Waals surface area contributed by atoms with E-state index >= 15 is 0 Å². The van der Waals surface area contributed by atoms with E-state index in [9.17, 15) is 0 Å². The normalized spacial score (nSPS) is 11.5. The molecule has 2 N–H and O–H groups in total. The van der Waals surface area contributed by atoms with E-state index < -0.39 is 0 Å². The Hall–Kier alpha value is -2.14. The topological polar surface area (TPSA) is 57.4 Å². The largest absolute Gasteiger partial charge is 0.337 e. The Labute approximate surface area is 123 Å². The lowest BCUT2D eigenvalue weighted by Crippen LogP contribution is -1.81. The molecular formula is C15H11BrN4. The van der Waals surface area contributed by atoms with Gasteiger partial charge in [0.05, 0.1) is 16.6 Å². The van der Waals surface area contributed by atoms with Crippen LogP contribution in [0.2, 0.25) is 0 Å². The Morgan fingerprint density at radius 2 is 1.95 bits per heavy atom. The first kappa shape index (κ1) is 11.7. The lowest BCUT2D eigenvalue weighted by molar-refractivity contribution is 1.11. The van der Waals surface area contributed by atoms with Crippen LogP contribution < -0.4 is 0 Å². The van der Waals surface area contributed by atoms with Gasteiger partial charge in [0.25, 0.3) is 0 Å². The summed E-state index contributed by atoms with van der Waals surface area (Å²) >= 11 is 3.50. The molecule has 0 aliphatic carbocycles. The number of imidazole rings is 1. The number of aromatic amines is 2. The maximum absolute atomic E-state index is 4.62. The fourth-order valence-electron chi connectivity index (χ4n) is 2.40. The van der Waals surface area contributed by atoms with Gasteiger partial charge in [0.1, 0.15) is 5.69 Å². The van der Waals surface area contributed by atoms with Gasteiger partial charge in [-0.2, -0.15) is 5.10 Å². The van der Waals surface area contributed by atoms with Crippen LogP contribution in [0.15, 0.2) is 40.9 Å². The van der Waals surface area contributed by atoms with Crippen molar-refractivity contribution in [1.82, 2.24) is 20.2 Å². The van der Waals surface area contributed by atoms with Crippen molar-refractivity contribution in [1.29, 1.82) is 0 Å². The second-order valence-corrected chi connectivity index (χ2v) is 5.78. The van der Waals surface area contributed by atoms with Crippen molar-refractivity contribution in [3.63, 3.8) is 0 Å². The molecule has 0 unspecified atom stereocenters. The fourth-order valence-corrected chi connectivity index (χ4v) is 2.76. The standard InChI is InChI=1S/C15H11BrN4/c1-8-2-4-12-13(6-8)18-15(17-12)14-10-7-9(16)3-5-11(10)19-20-14/h2-7H,1H3,(H,17,18)(H,19,20). The van der Waals surface area contributed by atoms with Crippen molar-refractivity contribution < 1.29 is 0 Å². The third-order valence-electron chi connectivity index (χ3n) is 3.39. The molecule has 0 saturated carbocycles. The zero-order valence-corrected chi connectivity index (χ0v) is 12.3. The Balaban J connectivity index is 1.98. The first-order valence-electron chi connectivity index (χ1n) is 6.31. The third kappa shape index (κ3) is 1.74. The number of nitrogens with zero attached hydrogens (tertiary/aromatic N) is 2. The first-order chi connectivity index (χ1) is 9.70. The van der Waals surface area contributed by atoms with Crippen molar-refractivity contribution in [3.05, 3.63) is 46.4 Å². The average Bonchev–Trinajstić information content (AvgIpc) is 3.00. The SMILES string of the molecule is Cc1ccc2nc(-c3n[nH]c4ccc(Br)cc34)[nH]c2c1. The molecule has 0 atom stereocenters. The summed E-state index contributed by atoms with van der Waals surface area (Å²) in [5.74, 6) is 0.787. The molecular weight excluding hydrogens is 316 g/mol. The molecule has 0 bridgehead atoms. The van der Waals surface area contributed by atoms with Gasteiger partial charge < -0.3 is 4.98 Å². The number of hydrogen-bond donors (Lipinski definition) is 2. The molecule has 0 amide bonds. The van der Waals surface area contributed by atoms with Crippen molar-refractivity contribution in [2.45, 2.75) is 6.92 Å². The number of nitrogens with one attached hydrogen (secondary N) is 2. The van der Waals surface area contributed by atoms with Gasteiger partial charge in [0.2, 0.25) is 0 Å². The molecule has 0 saturated heterocycles. The molecule has 2 heterocycles. The minimum absolute atomic E-state index is 0.787. The molecule has 0 aliphatic rings. The minimum Gasteiger partial charge on any atom is -0.337 e. The number of aromatic nitrogens is 4. The number of fused-ring (bicyclic) bond motifs is 2. The molecule has 20 heavy (non-hydrogen) atoms. The van der Waals surface area contributed by atoms with Crippen LogP contribution in [0, 0.1) is 6.92 Å². The van der Waals surface area contributed by atoms with Gasteiger partial charge in [-0.15, -0.1) is 0 Å². The van der Waals surface area contributed by atoms with Crippen LogP contribution >= 0.6 is 15.9 Å². The predicted octanol–water partition coefficient (Wildman–Crippen LogP) is 4.18. The molecule has 0 aliphatic heterocycles. The van der Waals surface area contributed by atoms with Gasteiger partial charge in [-0.25, -0.2) is 4.98 Å². The van der Waals surface area contributed by atoms with E-state index in [0.29, 0.717) is 0 Å². The summed E-state index contributed by atoms with van der Waals surface area (Å²) < 4.78 is 1.03. The number of aryl methyl sites for hydroxylation is 1. The molecule has 4 aromatic rings. The maximum Gasteiger partial charge on any atom is 0.159 e. The van der Waals surface area contributed by atoms with E-state index in [2.05, 4.69) is 55.2 Å². The summed E-state index contributed by atoms with van der Waals surface area (Å²) in [7, 11) is 0. The van der Waals surface area contributed by atoms with Gasteiger partial charge in [0, 0.05) is 9.86 Å². The van der Waals surface area contributed by atoms with Crippen molar-refractivity contribution in [2.24, 2.45) is 0 Å². The van der Waals surface area contributed by atoms with Crippen LogP contribution in [0.4, 0.5) is 0 Å². The lowest BCUT2D eigenvalue weighted by atomic mass is 10.2. The van der Waals surface area contributed by atoms with Gasteiger partial charge in [-0.05, 0) is 42.8 Å². The van der Waals surface area contributed by atoms with E-state index in [1.54, 1.807) is 0 Å². The van der Waals surface area contributed by atoms with E-state index in [4.69, 9.17) is 0 Å². The Kier molecular flexibility index (Phi) is 2.44. The number of halogens is 1. The van der Waals surface area contributed by atoms with Crippen molar-refractivity contribution in [3.8, 4) is 11.5 Å². The molecule has 0 fully saturated rings. The molecule has 98 valence electrons.